The van der Waals surface area contributed by atoms with Crippen LogP contribution in [0, 0.1) is 0 Å². The first kappa shape index (κ1) is 7.79. The van der Waals surface area contributed by atoms with Crippen molar-refractivity contribution >= 4 is 16.6 Å². The number of phenolic OH excluding ortho intramolecular Hbond substituents is 1. The Labute approximate surface area is 75.1 Å². The monoisotopic (exact) mass is 178 g/mol. The van der Waals surface area contributed by atoms with Crippen molar-refractivity contribution < 1.29 is 9.94 Å². The first-order chi connectivity index (χ1) is 6.24. The van der Waals surface area contributed by atoms with Crippen LogP contribution in [0.3, 0.4) is 0 Å². The van der Waals surface area contributed by atoms with Gasteiger partial charge in [-0.2, -0.15) is 4.73 Å². The molecular formula is C9H10N2O2. The van der Waals surface area contributed by atoms with Gasteiger partial charge in [-0.25, -0.2) is 0 Å². The molecule has 0 saturated carbocycles. The quantitative estimate of drug-likeness (QED) is 0.505. The molecule has 0 aliphatic carbocycles. The van der Waals surface area contributed by atoms with Crippen molar-refractivity contribution in [3.05, 3.63) is 24.4 Å². The summed E-state index contributed by atoms with van der Waals surface area (Å²) in [6, 6.07) is 4.97. The van der Waals surface area contributed by atoms with E-state index in [1.807, 2.05) is 0 Å². The normalized spacial score (nSPS) is 10.5. The molecule has 1 aromatic carbocycles. The number of anilines is 1. The van der Waals surface area contributed by atoms with Gasteiger partial charge in [-0.05, 0) is 18.2 Å². The molecule has 2 aromatic rings. The zero-order valence-electron chi connectivity index (χ0n) is 7.19. The predicted octanol–water partition coefficient (Wildman–Crippen LogP) is 0.987. The average Bonchev–Trinajstić information content (AvgIpc) is 2.56. The predicted molar refractivity (Wildman–Crippen MR) is 50.5 cm³/mol. The lowest BCUT2D eigenvalue weighted by molar-refractivity contribution is 0.179. The Morgan fingerprint density at radius 3 is 2.85 bits per heavy atom. The minimum absolute atomic E-state index is 0.208. The fourth-order valence-corrected chi connectivity index (χ4v) is 1.39. The number of fused-ring (bicyclic) bond motifs is 1. The van der Waals surface area contributed by atoms with Crippen molar-refractivity contribution in [1.82, 2.24) is 4.73 Å². The number of aromatic hydroxyl groups is 1. The number of hydrogen-bond acceptors (Lipinski definition) is 3. The molecule has 13 heavy (non-hydrogen) atoms. The Morgan fingerprint density at radius 1 is 1.38 bits per heavy atom. The van der Waals surface area contributed by atoms with Gasteiger partial charge in [0, 0.05) is 11.6 Å². The van der Waals surface area contributed by atoms with Crippen LogP contribution in [0.1, 0.15) is 0 Å². The van der Waals surface area contributed by atoms with Crippen molar-refractivity contribution in [3.63, 3.8) is 0 Å². The Bertz CT molecular complexity index is 448. The highest BCUT2D eigenvalue weighted by atomic mass is 16.6. The van der Waals surface area contributed by atoms with E-state index >= 15 is 0 Å². The standard InChI is InChI=1S/C9H10N2O2/c1-13-11-5-4-6-8(12)3-2-7(10)9(6)11/h2-5,12H,10H2,1H3. The molecule has 0 fully saturated rings. The van der Waals surface area contributed by atoms with Crippen LogP contribution in [-0.2, 0) is 0 Å². The highest BCUT2D eigenvalue weighted by Crippen LogP contribution is 2.29. The summed E-state index contributed by atoms with van der Waals surface area (Å²) < 4.78 is 1.52. The number of benzene rings is 1. The summed E-state index contributed by atoms with van der Waals surface area (Å²) in [6.45, 7) is 0. The Morgan fingerprint density at radius 2 is 2.15 bits per heavy atom. The fraction of sp³-hybridized carbons (Fsp3) is 0.111. The molecule has 4 heteroatoms. The molecule has 0 aliphatic heterocycles. The van der Waals surface area contributed by atoms with E-state index in [0.29, 0.717) is 16.6 Å². The second kappa shape index (κ2) is 2.58. The molecule has 0 aliphatic rings. The molecule has 0 amide bonds. The van der Waals surface area contributed by atoms with Gasteiger partial charge in [0.15, 0.2) is 0 Å². The van der Waals surface area contributed by atoms with Crippen LogP contribution in [0.4, 0.5) is 5.69 Å². The van der Waals surface area contributed by atoms with E-state index < -0.39 is 0 Å². The smallest absolute Gasteiger partial charge is 0.125 e. The number of nitrogen functional groups attached to an aromatic ring is 1. The number of phenols is 1. The van der Waals surface area contributed by atoms with Crippen LogP contribution in [0.25, 0.3) is 10.9 Å². The molecule has 0 radical (unpaired) electrons. The lowest BCUT2D eigenvalue weighted by atomic mass is 10.2. The molecule has 3 N–H and O–H groups in total. The van der Waals surface area contributed by atoms with E-state index in [0.717, 1.165) is 0 Å². The van der Waals surface area contributed by atoms with Gasteiger partial charge in [0.1, 0.15) is 18.4 Å². The second-order valence-electron chi connectivity index (χ2n) is 2.76. The van der Waals surface area contributed by atoms with Gasteiger partial charge in [0.05, 0.1) is 5.69 Å². The lowest BCUT2D eigenvalue weighted by Gasteiger charge is -2.04. The molecule has 0 spiro atoms. The van der Waals surface area contributed by atoms with Gasteiger partial charge < -0.3 is 15.7 Å². The average molecular weight is 178 g/mol. The maximum atomic E-state index is 9.48. The highest BCUT2D eigenvalue weighted by Gasteiger charge is 2.07. The maximum absolute atomic E-state index is 9.48. The largest absolute Gasteiger partial charge is 0.507 e. The third kappa shape index (κ3) is 0.989. The van der Waals surface area contributed by atoms with Crippen LogP contribution in [0.2, 0.25) is 0 Å². The van der Waals surface area contributed by atoms with E-state index in [1.165, 1.54) is 4.73 Å². The summed E-state index contributed by atoms with van der Waals surface area (Å²) in [5.74, 6) is 0.208. The van der Waals surface area contributed by atoms with Gasteiger partial charge in [-0.3, -0.25) is 0 Å². The molecular weight excluding hydrogens is 168 g/mol. The zero-order chi connectivity index (χ0) is 9.42. The fourth-order valence-electron chi connectivity index (χ4n) is 1.39. The lowest BCUT2D eigenvalue weighted by Crippen LogP contribution is -2.04. The van der Waals surface area contributed by atoms with Gasteiger partial charge in [-0.15, -0.1) is 0 Å². The van der Waals surface area contributed by atoms with E-state index in [1.54, 1.807) is 31.5 Å². The van der Waals surface area contributed by atoms with Crippen LogP contribution in [0.5, 0.6) is 5.75 Å². The van der Waals surface area contributed by atoms with Crippen molar-refractivity contribution in [3.8, 4) is 5.75 Å². The first-order valence-corrected chi connectivity index (χ1v) is 3.87. The first-order valence-electron chi connectivity index (χ1n) is 3.87. The number of rotatable bonds is 1. The molecule has 4 nitrogen and oxygen atoms in total. The van der Waals surface area contributed by atoms with E-state index in [-0.39, 0.29) is 5.75 Å². The van der Waals surface area contributed by atoms with Gasteiger partial charge in [-0.1, -0.05) is 0 Å². The Kier molecular flexibility index (Phi) is 1.55. The third-order valence-electron chi connectivity index (χ3n) is 2.02. The van der Waals surface area contributed by atoms with Crippen LogP contribution in [0.15, 0.2) is 24.4 Å². The minimum atomic E-state index is 0.208. The Balaban J connectivity index is 2.87. The summed E-state index contributed by atoms with van der Waals surface area (Å²) in [5.41, 5.74) is 7.01. The zero-order valence-corrected chi connectivity index (χ0v) is 7.19. The van der Waals surface area contributed by atoms with Crippen LogP contribution >= 0.6 is 0 Å². The summed E-state index contributed by atoms with van der Waals surface area (Å²) in [6.07, 6.45) is 1.71. The van der Waals surface area contributed by atoms with E-state index in [4.69, 9.17) is 10.6 Å². The van der Waals surface area contributed by atoms with E-state index in [9.17, 15) is 5.11 Å². The summed E-state index contributed by atoms with van der Waals surface area (Å²) in [7, 11) is 1.54. The van der Waals surface area contributed by atoms with Crippen molar-refractivity contribution in [2.45, 2.75) is 0 Å². The SMILES string of the molecule is COn1ccc2c(O)ccc(N)c21. The van der Waals surface area contributed by atoms with Gasteiger partial charge in [0.25, 0.3) is 0 Å². The number of nitrogens with two attached hydrogens (primary N) is 1. The molecule has 0 saturated heterocycles. The van der Waals surface area contributed by atoms with Crippen LogP contribution < -0.4 is 10.6 Å². The third-order valence-corrected chi connectivity index (χ3v) is 2.02. The molecule has 2 rings (SSSR count). The second-order valence-corrected chi connectivity index (χ2v) is 2.76. The summed E-state index contributed by atoms with van der Waals surface area (Å²) in [4.78, 5) is 5.03. The Hall–Kier alpha value is -1.84. The summed E-state index contributed by atoms with van der Waals surface area (Å²) >= 11 is 0. The van der Waals surface area contributed by atoms with Gasteiger partial charge >= 0.3 is 0 Å². The van der Waals surface area contributed by atoms with Gasteiger partial charge in [0.2, 0.25) is 0 Å². The van der Waals surface area contributed by atoms with E-state index in [2.05, 4.69) is 0 Å². The van der Waals surface area contributed by atoms with Crippen molar-refractivity contribution in [1.29, 1.82) is 0 Å². The minimum Gasteiger partial charge on any atom is -0.507 e. The molecule has 0 bridgehead atoms. The summed E-state index contributed by atoms with van der Waals surface area (Å²) in [5, 5.41) is 10.2. The van der Waals surface area contributed by atoms with Crippen LogP contribution in [-0.4, -0.2) is 16.9 Å². The highest BCUT2D eigenvalue weighted by molar-refractivity contribution is 5.94. The molecule has 68 valence electrons. The maximum Gasteiger partial charge on any atom is 0.125 e. The topological polar surface area (TPSA) is 60.4 Å². The van der Waals surface area contributed by atoms with Crippen molar-refractivity contribution in [2.75, 3.05) is 12.8 Å². The number of hydrogen-bond donors (Lipinski definition) is 2. The van der Waals surface area contributed by atoms with Crippen molar-refractivity contribution in [2.24, 2.45) is 0 Å². The molecule has 0 atom stereocenters. The molecule has 1 aromatic heterocycles. The number of aromatic nitrogens is 1. The number of nitrogens with zero attached hydrogens (tertiary/aromatic N) is 1. The molecule has 0 unspecified atom stereocenters. The molecule has 1 heterocycles.